The molecule has 36 heavy (non-hydrogen) atoms. The van der Waals surface area contributed by atoms with E-state index < -0.39 is 35.5 Å². The van der Waals surface area contributed by atoms with Gasteiger partial charge < -0.3 is 4.74 Å². The van der Waals surface area contributed by atoms with Gasteiger partial charge in [0.25, 0.3) is 17.7 Å². The highest BCUT2D eigenvalue weighted by atomic mass is 19.1. The lowest BCUT2D eigenvalue weighted by Gasteiger charge is -2.28. The fraction of sp³-hybridized carbons (Fsp3) is 0.185. The lowest BCUT2D eigenvalue weighted by Crippen LogP contribution is -2.54. The van der Waals surface area contributed by atoms with Gasteiger partial charge in [-0.05, 0) is 67.9 Å². The standard InChI is InChI=1S/C27H24FN3O5/c1-16-5-4-6-19(13-16)25(33)29-31(26(34)18-8-10-20(28)11-9-18)22-15-24(32)30(27(22)35)21-14-17(2)7-12-23(21)36-3/h4-14,22H,15H2,1-3H3,(H,29,33). The number of rotatable bonds is 5. The zero-order valence-electron chi connectivity index (χ0n) is 19.9. The first-order chi connectivity index (χ1) is 17.2. The van der Waals surface area contributed by atoms with E-state index in [1.807, 2.05) is 13.0 Å². The molecule has 9 heteroatoms. The van der Waals surface area contributed by atoms with Crippen molar-refractivity contribution < 1.29 is 28.3 Å². The first kappa shape index (κ1) is 24.6. The van der Waals surface area contributed by atoms with E-state index in [1.165, 1.54) is 19.2 Å². The van der Waals surface area contributed by atoms with Crippen LogP contribution in [0.1, 0.15) is 38.3 Å². The molecular weight excluding hydrogens is 465 g/mol. The first-order valence-electron chi connectivity index (χ1n) is 11.2. The van der Waals surface area contributed by atoms with Crippen molar-refractivity contribution in [1.29, 1.82) is 0 Å². The summed E-state index contributed by atoms with van der Waals surface area (Å²) < 4.78 is 18.8. The average molecular weight is 490 g/mol. The minimum absolute atomic E-state index is 0.0350. The minimum atomic E-state index is -1.32. The second-order valence-electron chi connectivity index (χ2n) is 8.46. The largest absolute Gasteiger partial charge is 0.495 e. The number of hydrogen-bond acceptors (Lipinski definition) is 5. The van der Waals surface area contributed by atoms with Gasteiger partial charge in [-0.15, -0.1) is 0 Å². The number of anilines is 1. The molecule has 0 aliphatic carbocycles. The molecule has 3 aromatic carbocycles. The van der Waals surface area contributed by atoms with E-state index in [0.29, 0.717) is 5.75 Å². The van der Waals surface area contributed by atoms with Gasteiger partial charge in [0.2, 0.25) is 5.91 Å². The Morgan fingerprint density at radius 2 is 1.67 bits per heavy atom. The fourth-order valence-electron chi connectivity index (χ4n) is 4.01. The number of ether oxygens (including phenoxy) is 1. The van der Waals surface area contributed by atoms with Crippen LogP contribution in [0, 0.1) is 19.7 Å². The molecule has 1 atom stereocenters. The van der Waals surface area contributed by atoms with Crippen LogP contribution in [0.4, 0.5) is 10.1 Å². The number of amides is 4. The number of hydrogen-bond donors (Lipinski definition) is 1. The molecule has 1 heterocycles. The fourth-order valence-corrected chi connectivity index (χ4v) is 4.01. The number of nitrogens with one attached hydrogen (secondary N) is 1. The quantitative estimate of drug-likeness (QED) is 0.437. The summed E-state index contributed by atoms with van der Waals surface area (Å²) in [6, 6.07) is 15.1. The van der Waals surface area contributed by atoms with Crippen LogP contribution < -0.4 is 15.1 Å². The predicted octanol–water partition coefficient (Wildman–Crippen LogP) is 3.57. The highest BCUT2D eigenvalue weighted by molar-refractivity contribution is 6.24. The Balaban J connectivity index is 1.72. The second kappa shape index (κ2) is 9.99. The van der Waals surface area contributed by atoms with Crippen molar-refractivity contribution in [3.63, 3.8) is 0 Å². The van der Waals surface area contributed by atoms with Gasteiger partial charge in [0, 0.05) is 11.1 Å². The topological polar surface area (TPSA) is 96.0 Å². The molecule has 1 aliphatic rings. The third-order valence-electron chi connectivity index (χ3n) is 5.82. The van der Waals surface area contributed by atoms with Crippen molar-refractivity contribution in [2.45, 2.75) is 26.3 Å². The number of nitrogens with zero attached hydrogens (tertiary/aromatic N) is 2. The van der Waals surface area contributed by atoms with Gasteiger partial charge in [0.15, 0.2) is 0 Å². The van der Waals surface area contributed by atoms with E-state index in [4.69, 9.17) is 4.74 Å². The van der Waals surface area contributed by atoms with Gasteiger partial charge in [-0.1, -0.05) is 23.8 Å². The Hall–Kier alpha value is -4.53. The lowest BCUT2D eigenvalue weighted by atomic mass is 10.1. The van der Waals surface area contributed by atoms with Crippen LogP contribution in [0.3, 0.4) is 0 Å². The molecule has 0 bridgehead atoms. The predicted molar refractivity (Wildman–Crippen MR) is 130 cm³/mol. The third kappa shape index (κ3) is 4.81. The molecule has 1 fully saturated rings. The smallest absolute Gasteiger partial charge is 0.273 e. The number of benzene rings is 3. The van der Waals surface area contributed by atoms with Crippen LogP contribution in [-0.4, -0.2) is 41.8 Å². The van der Waals surface area contributed by atoms with E-state index in [0.717, 1.165) is 33.2 Å². The molecule has 184 valence electrons. The molecule has 1 aliphatic heterocycles. The Morgan fingerprint density at radius 1 is 0.972 bits per heavy atom. The molecular formula is C27H24FN3O5. The number of hydrazine groups is 1. The van der Waals surface area contributed by atoms with Crippen molar-refractivity contribution >= 4 is 29.3 Å². The highest BCUT2D eigenvalue weighted by Crippen LogP contribution is 2.34. The van der Waals surface area contributed by atoms with Crippen molar-refractivity contribution in [3.05, 3.63) is 94.8 Å². The summed E-state index contributed by atoms with van der Waals surface area (Å²) in [6.07, 6.45) is -0.364. The maximum Gasteiger partial charge on any atom is 0.273 e. The van der Waals surface area contributed by atoms with Crippen molar-refractivity contribution in [2.75, 3.05) is 12.0 Å². The number of carbonyl (C=O) groups excluding carboxylic acids is 4. The minimum Gasteiger partial charge on any atom is -0.495 e. The van der Waals surface area contributed by atoms with Gasteiger partial charge in [0.05, 0.1) is 19.2 Å². The summed E-state index contributed by atoms with van der Waals surface area (Å²) in [6.45, 7) is 3.61. The van der Waals surface area contributed by atoms with Crippen LogP contribution >= 0.6 is 0 Å². The van der Waals surface area contributed by atoms with Crippen LogP contribution in [0.25, 0.3) is 0 Å². The van der Waals surface area contributed by atoms with Crippen LogP contribution in [0.2, 0.25) is 0 Å². The van der Waals surface area contributed by atoms with E-state index in [9.17, 15) is 23.6 Å². The first-order valence-corrected chi connectivity index (χ1v) is 11.2. The van der Waals surface area contributed by atoms with Gasteiger partial charge in [-0.2, -0.15) is 0 Å². The zero-order valence-corrected chi connectivity index (χ0v) is 19.9. The molecule has 4 rings (SSSR count). The number of aryl methyl sites for hydroxylation is 2. The highest BCUT2D eigenvalue weighted by Gasteiger charge is 2.46. The number of imide groups is 1. The van der Waals surface area contributed by atoms with Gasteiger partial charge in [-0.3, -0.25) is 24.6 Å². The van der Waals surface area contributed by atoms with Crippen molar-refractivity contribution in [1.82, 2.24) is 10.4 Å². The molecule has 0 aromatic heterocycles. The monoisotopic (exact) mass is 489 g/mol. The van der Waals surface area contributed by atoms with Gasteiger partial charge in [-0.25, -0.2) is 14.3 Å². The molecule has 0 radical (unpaired) electrons. The molecule has 0 saturated carbocycles. The summed E-state index contributed by atoms with van der Waals surface area (Å²) in [5.74, 6) is -2.91. The summed E-state index contributed by atoms with van der Waals surface area (Å²) in [7, 11) is 1.42. The Kier molecular flexibility index (Phi) is 6.82. The average Bonchev–Trinajstić information content (AvgIpc) is 3.15. The Bertz CT molecular complexity index is 1360. The molecule has 3 aromatic rings. The SMILES string of the molecule is COc1ccc(C)cc1N1C(=O)CC(N(NC(=O)c2cccc(C)c2)C(=O)c2ccc(F)cc2)C1=O. The Morgan fingerprint density at radius 3 is 2.33 bits per heavy atom. The number of methoxy groups -OCH3 is 1. The Labute approximate surface area is 207 Å². The zero-order chi connectivity index (χ0) is 26.0. The lowest BCUT2D eigenvalue weighted by molar-refractivity contribution is -0.122. The van der Waals surface area contributed by atoms with Crippen molar-refractivity contribution in [3.8, 4) is 5.75 Å². The van der Waals surface area contributed by atoms with E-state index >= 15 is 0 Å². The molecule has 4 amide bonds. The van der Waals surface area contributed by atoms with Crippen molar-refractivity contribution in [2.24, 2.45) is 0 Å². The van der Waals surface area contributed by atoms with E-state index in [-0.39, 0.29) is 23.2 Å². The molecule has 1 unspecified atom stereocenters. The second-order valence-corrected chi connectivity index (χ2v) is 8.46. The van der Waals surface area contributed by atoms with Gasteiger partial charge >= 0.3 is 0 Å². The van der Waals surface area contributed by atoms with E-state index in [2.05, 4.69) is 5.43 Å². The maximum atomic E-state index is 13.5. The maximum absolute atomic E-state index is 13.5. The number of carbonyl (C=O) groups is 4. The molecule has 8 nitrogen and oxygen atoms in total. The summed E-state index contributed by atoms with van der Waals surface area (Å²) in [5.41, 5.74) is 4.66. The molecule has 0 spiro atoms. The number of halogens is 1. The van der Waals surface area contributed by atoms with Crippen LogP contribution in [0.15, 0.2) is 66.7 Å². The molecule has 1 saturated heterocycles. The third-order valence-corrected chi connectivity index (χ3v) is 5.82. The van der Waals surface area contributed by atoms with Crippen LogP contribution in [-0.2, 0) is 9.59 Å². The molecule has 1 N–H and O–H groups in total. The normalized spacial score (nSPS) is 15.1. The summed E-state index contributed by atoms with van der Waals surface area (Å²) >= 11 is 0. The van der Waals surface area contributed by atoms with E-state index in [1.54, 1.807) is 43.3 Å². The summed E-state index contributed by atoms with van der Waals surface area (Å²) in [4.78, 5) is 54.0. The van der Waals surface area contributed by atoms with Crippen LogP contribution in [0.5, 0.6) is 5.75 Å². The summed E-state index contributed by atoms with van der Waals surface area (Å²) in [5, 5.41) is 0.848. The van der Waals surface area contributed by atoms with Gasteiger partial charge in [0.1, 0.15) is 17.6 Å².